The SMILES string of the molecule is Cc1ccccc1C(C)(O)C1(C#N)CCC(C)CC1. The summed E-state index contributed by atoms with van der Waals surface area (Å²) in [6, 6.07) is 10.3. The van der Waals surface area contributed by atoms with Crippen LogP contribution in [0.5, 0.6) is 0 Å². The summed E-state index contributed by atoms with van der Waals surface area (Å²) in [5.74, 6) is 0.661. The Kier molecular flexibility index (Phi) is 3.69. The molecule has 19 heavy (non-hydrogen) atoms. The first-order chi connectivity index (χ1) is 8.93. The maximum atomic E-state index is 11.1. The van der Waals surface area contributed by atoms with Gasteiger partial charge in [-0.2, -0.15) is 5.26 Å². The van der Waals surface area contributed by atoms with Crippen LogP contribution in [0, 0.1) is 29.6 Å². The van der Waals surface area contributed by atoms with Gasteiger partial charge < -0.3 is 5.11 Å². The van der Waals surface area contributed by atoms with E-state index in [-0.39, 0.29) is 0 Å². The molecule has 1 aliphatic rings. The molecule has 0 aromatic heterocycles. The normalized spacial score (nSPS) is 30.4. The molecular weight excluding hydrogens is 234 g/mol. The molecule has 2 rings (SSSR count). The molecule has 0 heterocycles. The molecule has 1 fully saturated rings. The van der Waals surface area contributed by atoms with Crippen molar-refractivity contribution in [1.82, 2.24) is 0 Å². The molecule has 0 radical (unpaired) electrons. The average molecular weight is 257 g/mol. The highest BCUT2D eigenvalue weighted by molar-refractivity contribution is 5.35. The van der Waals surface area contributed by atoms with E-state index in [1.54, 1.807) is 0 Å². The second-order valence-electron chi connectivity index (χ2n) is 6.26. The number of rotatable bonds is 2. The van der Waals surface area contributed by atoms with Gasteiger partial charge in [-0.3, -0.25) is 0 Å². The van der Waals surface area contributed by atoms with Crippen molar-refractivity contribution in [3.8, 4) is 6.07 Å². The van der Waals surface area contributed by atoms with Crippen LogP contribution < -0.4 is 0 Å². The number of aryl methyl sites for hydroxylation is 1. The quantitative estimate of drug-likeness (QED) is 0.872. The van der Waals surface area contributed by atoms with Crippen LogP contribution in [-0.4, -0.2) is 5.11 Å². The van der Waals surface area contributed by atoms with Gasteiger partial charge in [0.1, 0.15) is 5.60 Å². The Labute approximate surface area is 116 Å². The van der Waals surface area contributed by atoms with Crippen molar-refractivity contribution >= 4 is 0 Å². The third kappa shape index (κ3) is 2.28. The van der Waals surface area contributed by atoms with Crippen LogP contribution in [0.4, 0.5) is 0 Å². The number of benzene rings is 1. The zero-order chi connectivity index (χ0) is 14.1. The van der Waals surface area contributed by atoms with Crippen LogP contribution in [-0.2, 0) is 5.60 Å². The second-order valence-corrected chi connectivity index (χ2v) is 6.26. The Morgan fingerprint density at radius 3 is 2.42 bits per heavy atom. The maximum absolute atomic E-state index is 11.1. The molecule has 1 aromatic rings. The first kappa shape index (κ1) is 14.1. The van der Waals surface area contributed by atoms with Crippen LogP contribution in [0.2, 0.25) is 0 Å². The number of nitrogens with zero attached hydrogens (tertiary/aromatic N) is 1. The molecule has 0 saturated heterocycles. The van der Waals surface area contributed by atoms with E-state index in [0.29, 0.717) is 5.92 Å². The lowest BCUT2D eigenvalue weighted by Gasteiger charge is -2.45. The standard InChI is InChI=1S/C17H23NO/c1-13-8-10-17(12-18,11-9-13)16(3,19)15-7-5-4-6-14(15)2/h4-7,13,19H,8-11H2,1-3H3. The fourth-order valence-corrected chi connectivity index (χ4v) is 3.34. The third-order valence-electron chi connectivity index (χ3n) is 4.94. The highest BCUT2D eigenvalue weighted by Crippen LogP contribution is 2.51. The molecule has 1 unspecified atom stereocenters. The lowest BCUT2D eigenvalue weighted by atomic mass is 9.60. The van der Waals surface area contributed by atoms with Crippen LogP contribution in [0.3, 0.4) is 0 Å². The van der Waals surface area contributed by atoms with Crippen LogP contribution in [0.1, 0.15) is 50.7 Å². The lowest BCUT2D eigenvalue weighted by molar-refractivity contribution is -0.0690. The molecule has 1 N–H and O–H groups in total. The minimum atomic E-state index is -1.08. The van der Waals surface area contributed by atoms with Gasteiger partial charge in [0.2, 0.25) is 0 Å². The van der Waals surface area contributed by atoms with Gasteiger partial charge in [-0.1, -0.05) is 31.2 Å². The summed E-state index contributed by atoms with van der Waals surface area (Å²) < 4.78 is 0. The van der Waals surface area contributed by atoms with Crippen molar-refractivity contribution in [3.63, 3.8) is 0 Å². The molecule has 1 atom stereocenters. The molecule has 102 valence electrons. The molecule has 1 aliphatic carbocycles. The summed E-state index contributed by atoms with van der Waals surface area (Å²) in [5, 5.41) is 20.8. The van der Waals surface area contributed by atoms with Gasteiger partial charge in [-0.05, 0) is 56.6 Å². The van der Waals surface area contributed by atoms with Crippen molar-refractivity contribution in [2.24, 2.45) is 11.3 Å². The van der Waals surface area contributed by atoms with Crippen molar-refractivity contribution in [1.29, 1.82) is 5.26 Å². The highest BCUT2D eigenvalue weighted by Gasteiger charge is 2.50. The van der Waals surface area contributed by atoms with E-state index in [4.69, 9.17) is 0 Å². The van der Waals surface area contributed by atoms with Crippen molar-refractivity contribution in [2.75, 3.05) is 0 Å². The number of aliphatic hydroxyl groups is 1. The summed E-state index contributed by atoms with van der Waals surface area (Å²) in [6.45, 7) is 6.04. The van der Waals surface area contributed by atoms with Gasteiger partial charge in [0.15, 0.2) is 0 Å². The minimum Gasteiger partial charge on any atom is -0.384 e. The van der Waals surface area contributed by atoms with E-state index in [9.17, 15) is 10.4 Å². The van der Waals surface area contributed by atoms with Gasteiger partial charge in [0.25, 0.3) is 0 Å². The fourth-order valence-electron chi connectivity index (χ4n) is 3.34. The predicted octanol–water partition coefficient (Wildman–Crippen LogP) is 3.92. The largest absolute Gasteiger partial charge is 0.384 e. The smallest absolute Gasteiger partial charge is 0.106 e. The van der Waals surface area contributed by atoms with E-state index in [2.05, 4.69) is 13.0 Å². The topological polar surface area (TPSA) is 44.0 Å². The predicted molar refractivity (Wildman–Crippen MR) is 76.4 cm³/mol. The molecule has 1 aromatic carbocycles. The van der Waals surface area contributed by atoms with Crippen molar-refractivity contribution < 1.29 is 5.11 Å². The third-order valence-corrected chi connectivity index (χ3v) is 4.94. The minimum absolute atomic E-state index is 0.647. The molecule has 2 heteroatoms. The molecule has 2 nitrogen and oxygen atoms in total. The average Bonchev–Trinajstić information content (AvgIpc) is 2.40. The van der Waals surface area contributed by atoms with Gasteiger partial charge >= 0.3 is 0 Å². The number of nitriles is 1. The first-order valence-corrected chi connectivity index (χ1v) is 7.13. The first-order valence-electron chi connectivity index (χ1n) is 7.13. The second kappa shape index (κ2) is 4.98. The van der Waals surface area contributed by atoms with Crippen molar-refractivity contribution in [2.45, 2.75) is 52.1 Å². The molecule has 0 bridgehead atoms. The Hall–Kier alpha value is -1.33. The summed E-state index contributed by atoms with van der Waals surface area (Å²) in [7, 11) is 0. The van der Waals surface area contributed by atoms with Crippen LogP contribution >= 0.6 is 0 Å². The molecule has 0 amide bonds. The maximum Gasteiger partial charge on any atom is 0.106 e. The van der Waals surface area contributed by atoms with Gasteiger partial charge in [-0.25, -0.2) is 0 Å². The van der Waals surface area contributed by atoms with Crippen molar-refractivity contribution in [3.05, 3.63) is 35.4 Å². The molecule has 1 saturated carbocycles. The van der Waals surface area contributed by atoms with E-state index in [1.165, 1.54) is 0 Å². The summed E-state index contributed by atoms with van der Waals surface area (Å²) in [4.78, 5) is 0. The lowest BCUT2D eigenvalue weighted by Crippen LogP contribution is -2.45. The van der Waals surface area contributed by atoms with E-state index >= 15 is 0 Å². The van der Waals surface area contributed by atoms with E-state index < -0.39 is 11.0 Å². The van der Waals surface area contributed by atoms with Gasteiger partial charge in [0.05, 0.1) is 11.5 Å². The van der Waals surface area contributed by atoms with Gasteiger partial charge in [0, 0.05) is 0 Å². The zero-order valence-electron chi connectivity index (χ0n) is 12.1. The van der Waals surface area contributed by atoms with Gasteiger partial charge in [-0.15, -0.1) is 0 Å². The summed E-state index contributed by atoms with van der Waals surface area (Å²) >= 11 is 0. The molecule has 0 spiro atoms. The Balaban J connectivity index is 2.43. The van der Waals surface area contributed by atoms with Crippen LogP contribution in [0.15, 0.2) is 24.3 Å². The summed E-state index contributed by atoms with van der Waals surface area (Å²) in [6.07, 6.45) is 3.61. The van der Waals surface area contributed by atoms with E-state index in [1.807, 2.05) is 38.1 Å². The Morgan fingerprint density at radius 1 is 1.32 bits per heavy atom. The monoisotopic (exact) mass is 257 g/mol. The molecular formula is C17H23NO. The van der Waals surface area contributed by atoms with Crippen LogP contribution in [0.25, 0.3) is 0 Å². The number of hydrogen-bond donors (Lipinski definition) is 1. The Morgan fingerprint density at radius 2 is 1.89 bits per heavy atom. The zero-order valence-corrected chi connectivity index (χ0v) is 12.1. The summed E-state index contributed by atoms with van der Waals surface area (Å²) in [5.41, 5.74) is 0.227. The van der Waals surface area contributed by atoms with E-state index in [0.717, 1.165) is 36.8 Å². The molecule has 0 aliphatic heterocycles. The highest BCUT2D eigenvalue weighted by atomic mass is 16.3. The Bertz CT molecular complexity index is 490. The fraction of sp³-hybridized carbons (Fsp3) is 0.588. The number of hydrogen-bond acceptors (Lipinski definition) is 2.